The number of carbonyl (C=O) groups is 2. The van der Waals surface area contributed by atoms with Crippen LogP contribution in [-0.2, 0) is 9.53 Å². The SMILES string of the molecule is CCOC(C)C(=O)Nc1ccc(C)c(C(=O)N(C)C(C)C)c1. The van der Waals surface area contributed by atoms with Gasteiger partial charge < -0.3 is 15.0 Å². The highest BCUT2D eigenvalue weighted by atomic mass is 16.5. The maximum atomic E-state index is 12.5. The Labute approximate surface area is 132 Å². The monoisotopic (exact) mass is 306 g/mol. The molecule has 1 atom stereocenters. The van der Waals surface area contributed by atoms with Crippen LogP contribution in [-0.4, -0.2) is 42.5 Å². The van der Waals surface area contributed by atoms with E-state index in [2.05, 4.69) is 5.32 Å². The summed E-state index contributed by atoms with van der Waals surface area (Å²) in [5.41, 5.74) is 2.08. The number of aryl methyl sites for hydroxylation is 1. The molecule has 0 fully saturated rings. The number of amides is 2. The molecule has 1 aromatic rings. The van der Waals surface area contributed by atoms with Gasteiger partial charge in [-0.05, 0) is 52.3 Å². The quantitative estimate of drug-likeness (QED) is 0.879. The molecule has 0 bridgehead atoms. The Balaban J connectivity index is 2.95. The number of benzene rings is 1. The lowest BCUT2D eigenvalue weighted by atomic mass is 10.1. The first-order chi connectivity index (χ1) is 10.3. The molecule has 0 aromatic heterocycles. The lowest BCUT2D eigenvalue weighted by Gasteiger charge is -2.23. The van der Waals surface area contributed by atoms with Gasteiger partial charge in [0.1, 0.15) is 6.10 Å². The summed E-state index contributed by atoms with van der Waals surface area (Å²) in [7, 11) is 1.77. The van der Waals surface area contributed by atoms with E-state index in [0.717, 1.165) is 5.56 Å². The maximum absolute atomic E-state index is 12.5. The van der Waals surface area contributed by atoms with Gasteiger partial charge in [-0.25, -0.2) is 0 Å². The molecule has 5 heteroatoms. The Morgan fingerprint density at radius 2 is 1.91 bits per heavy atom. The van der Waals surface area contributed by atoms with Crippen LogP contribution >= 0.6 is 0 Å². The van der Waals surface area contributed by atoms with Crippen molar-refractivity contribution in [2.24, 2.45) is 0 Å². The minimum Gasteiger partial charge on any atom is -0.369 e. The molecule has 0 aliphatic rings. The summed E-state index contributed by atoms with van der Waals surface area (Å²) < 4.78 is 5.26. The molecule has 0 spiro atoms. The topological polar surface area (TPSA) is 58.6 Å². The number of nitrogens with one attached hydrogen (secondary N) is 1. The molecular formula is C17H26N2O3. The second-order valence-corrected chi connectivity index (χ2v) is 5.63. The molecule has 1 aromatic carbocycles. The standard InChI is InChI=1S/C17H26N2O3/c1-7-22-13(5)16(20)18-14-9-8-12(4)15(10-14)17(21)19(6)11(2)3/h8-11,13H,7H2,1-6H3,(H,18,20). The van der Waals surface area contributed by atoms with Crippen LogP contribution in [0.3, 0.4) is 0 Å². The van der Waals surface area contributed by atoms with E-state index < -0.39 is 6.10 Å². The molecule has 5 nitrogen and oxygen atoms in total. The molecule has 1 N–H and O–H groups in total. The zero-order chi connectivity index (χ0) is 16.9. The summed E-state index contributed by atoms with van der Waals surface area (Å²) in [6.45, 7) is 9.83. The van der Waals surface area contributed by atoms with E-state index in [1.54, 1.807) is 31.0 Å². The molecule has 0 saturated heterocycles. The number of ether oxygens (including phenoxy) is 1. The molecule has 0 aliphatic heterocycles. The Bertz CT molecular complexity index is 541. The van der Waals surface area contributed by atoms with Crippen LogP contribution in [0.1, 0.15) is 43.6 Å². The zero-order valence-corrected chi connectivity index (χ0v) is 14.3. The van der Waals surface area contributed by atoms with Crippen molar-refractivity contribution in [3.05, 3.63) is 29.3 Å². The van der Waals surface area contributed by atoms with Gasteiger partial charge in [0, 0.05) is 30.9 Å². The van der Waals surface area contributed by atoms with Crippen molar-refractivity contribution in [3.8, 4) is 0 Å². The maximum Gasteiger partial charge on any atom is 0.254 e. The normalized spacial score (nSPS) is 12.1. The van der Waals surface area contributed by atoms with Crippen molar-refractivity contribution in [3.63, 3.8) is 0 Å². The smallest absolute Gasteiger partial charge is 0.254 e. The van der Waals surface area contributed by atoms with Crippen LogP contribution in [0, 0.1) is 6.92 Å². The third-order valence-corrected chi connectivity index (χ3v) is 3.62. The van der Waals surface area contributed by atoms with Crippen LogP contribution in [0.2, 0.25) is 0 Å². The first-order valence-corrected chi connectivity index (χ1v) is 7.58. The molecule has 0 aliphatic carbocycles. The average molecular weight is 306 g/mol. The third-order valence-electron chi connectivity index (χ3n) is 3.62. The number of hydrogen-bond donors (Lipinski definition) is 1. The molecular weight excluding hydrogens is 280 g/mol. The molecule has 22 heavy (non-hydrogen) atoms. The van der Waals surface area contributed by atoms with E-state index in [0.29, 0.717) is 17.9 Å². The van der Waals surface area contributed by atoms with Crippen LogP contribution in [0.4, 0.5) is 5.69 Å². The van der Waals surface area contributed by atoms with Gasteiger partial charge in [0.05, 0.1) is 0 Å². The fourth-order valence-electron chi connectivity index (χ4n) is 1.92. The average Bonchev–Trinajstić information content (AvgIpc) is 2.47. The van der Waals surface area contributed by atoms with Gasteiger partial charge in [0.25, 0.3) is 11.8 Å². The lowest BCUT2D eigenvalue weighted by molar-refractivity contribution is -0.126. The third kappa shape index (κ3) is 4.56. The van der Waals surface area contributed by atoms with Gasteiger partial charge in [0.15, 0.2) is 0 Å². The summed E-state index contributed by atoms with van der Waals surface area (Å²) in [6, 6.07) is 5.45. The van der Waals surface area contributed by atoms with Crippen molar-refractivity contribution in [2.45, 2.75) is 46.8 Å². The molecule has 0 saturated carbocycles. The molecule has 1 unspecified atom stereocenters. The number of hydrogen-bond acceptors (Lipinski definition) is 3. The largest absolute Gasteiger partial charge is 0.369 e. The van der Waals surface area contributed by atoms with Crippen LogP contribution in [0.15, 0.2) is 18.2 Å². The summed E-state index contributed by atoms with van der Waals surface area (Å²) >= 11 is 0. The number of carbonyl (C=O) groups excluding carboxylic acids is 2. The Morgan fingerprint density at radius 3 is 2.45 bits per heavy atom. The van der Waals surface area contributed by atoms with Gasteiger partial charge >= 0.3 is 0 Å². The molecule has 0 heterocycles. The summed E-state index contributed by atoms with van der Waals surface area (Å²) in [6.07, 6.45) is -0.524. The summed E-state index contributed by atoms with van der Waals surface area (Å²) in [5, 5.41) is 2.78. The van der Waals surface area contributed by atoms with Crippen LogP contribution in [0.5, 0.6) is 0 Å². The Morgan fingerprint density at radius 1 is 1.27 bits per heavy atom. The van der Waals surface area contributed by atoms with Crippen molar-refractivity contribution in [2.75, 3.05) is 19.0 Å². The van der Waals surface area contributed by atoms with Crippen LogP contribution in [0.25, 0.3) is 0 Å². The second kappa shape index (κ2) is 7.94. The predicted molar refractivity (Wildman–Crippen MR) is 88.1 cm³/mol. The number of rotatable bonds is 6. The fourth-order valence-corrected chi connectivity index (χ4v) is 1.92. The van der Waals surface area contributed by atoms with Crippen molar-refractivity contribution in [1.29, 1.82) is 0 Å². The minimum absolute atomic E-state index is 0.0542. The first-order valence-electron chi connectivity index (χ1n) is 7.58. The Hall–Kier alpha value is -1.88. The van der Waals surface area contributed by atoms with E-state index >= 15 is 0 Å². The van der Waals surface area contributed by atoms with Gasteiger partial charge in [-0.3, -0.25) is 9.59 Å². The molecule has 0 radical (unpaired) electrons. The van der Waals surface area contributed by atoms with E-state index in [4.69, 9.17) is 4.74 Å². The second-order valence-electron chi connectivity index (χ2n) is 5.63. The fraction of sp³-hybridized carbons (Fsp3) is 0.529. The number of anilines is 1. The van der Waals surface area contributed by atoms with E-state index in [1.807, 2.05) is 33.8 Å². The predicted octanol–water partition coefficient (Wildman–Crippen LogP) is 2.84. The van der Waals surface area contributed by atoms with Crippen molar-refractivity contribution >= 4 is 17.5 Å². The van der Waals surface area contributed by atoms with E-state index in [9.17, 15) is 9.59 Å². The van der Waals surface area contributed by atoms with E-state index in [1.165, 1.54) is 0 Å². The first kappa shape index (κ1) is 18.2. The highest BCUT2D eigenvalue weighted by molar-refractivity contribution is 5.99. The van der Waals surface area contributed by atoms with Crippen molar-refractivity contribution in [1.82, 2.24) is 4.90 Å². The highest BCUT2D eigenvalue weighted by Crippen LogP contribution is 2.18. The van der Waals surface area contributed by atoms with Crippen molar-refractivity contribution < 1.29 is 14.3 Å². The minimum atomic E-state index is -0.524. The zero-order valence-electron chi connectivity index (χ0n) is 14.3. The molecule has 1 rings (SSSR count). The highest BCUT2D eigenvalue weighted by Gasteiger charge is 2.18. The van der Waals surface area contributed by atoms with Gasteiger partial charge in [-0.1, -0.05) is 6.07 Å². The Kier molecular flexibility index (Phi) is 6.56. The van der Waals surface area contributed by atoms with E-state index in [-0.39, 0.29) is 17.9 Å². The van der Waals surface area contributed by atoms with Gasteiger partial charge in [0.2, 0.25) is 0 Å². The summed E-state index contributed by atoms with van der Waals surface area (Å²) in [4.78, 5) is 26.1. The van der Waals surface area contributed by atoms with Crippen LogP contribution < -0.4 is 5.32 Å². The lowest BCUT2D eigenvalue weighted by Crippen LogP contribution is -2.33. The van der Waals surface area contributed by atoms with Gasteiger partial charge in [-0.15, -0.1) is 0 Å². The number of nitrogens with zero attached hydrogens (tertiary/aromatic N) is 1. The summed E-state index contributed by atoms with van der Waals surface area (Å²) in [5.74, 6) is -0.275. The molecule has 2 amide bonds. The van der Waals surface area contributed by atoms with Gasteiger partial charge in [-0.2, -0.15) is 0 Å². The molecule has 122 valence electrons.